The highest BCUT2D eigenvalue weighted by atomic mass is 32.1. The van der Waals surface area contributed by atoms with Crippen LogP contribution in [-0.4, -0.2) is 22.4 Å². The minimum Gasteiger partial charge on any atom is -0.494 e. The lowest BCUT2D eigenvalue weighted by molar-refractivity contribution is -0.384. The number of carbonyl (C=O) groups excluding carboxylic acids is 1. The Bertz CT molecular complexity index is 984. The van der Waals surface area contributed by atoms with Crippen LogP contribution in [0.5, 0.6) is 5.75 Å². The number of carbonyl (C=O) groups is 1. The molecule has 1 N–H and O–H groups in total. The predicted molar refractivity (Wildman–Crippen MR) is 118 cm³/mol. The maximum atomic E-state index is 12.1. The van der Waals surface area contributed by atoms with Crippen molar-refractivity contribution < 1.29 is 14.5 Å². The summed E-state index contributed by atoms with van der Waals surface area (Å²) in [5, 5.41) is 15.8. The summed E-state index contributed by atoms with van der Waals surface area (Å²) in [5.41, 5.74) is 2.75. The molecule has 0 saturated heterocycles. The van der Waals surface area contributed by atoms with Gasteiger partial charge in [0.2, 0.25) is 5.91 Å². The molecule has 1 aromatic heterocycles. The first kappa shape index (κ1) is 21.4. The molecule has 0 atom stereocenters. The summed E-state index contributed by atoms with van der Waals surface area (Å²) in [4.78, 5) is 26.8. The lowest BCUT2D eigenvalue weighted by atomic mass is 10.1. The molecule has 156 valence electrons. The Balaban J connectivity index is 1.42. The van der Waals surface area contributed by atoms with Gasteiger partial charge in [-0.2, -0.15) is 0 Å². The molecule has 0 fully saturated rings. The first-order valence-electron chi connectivity index (χ1n) is 9.77. The second-order valence-electron chi connectivity index (χ2n) is 6.74. The van der Waals surface area contributed by atoms with Crippen molar-refractivity contribution in [1.29, 1.82) is 0 Å². The lowest BCUT2D eigenvalue weighted by Crippen LogP contribution is -2.12. The van der Waals surface area contributed by atoms with E-state index < -0.39 is 4.92 Å². The van der Waals surface area contributed by atoms with Crippen LogP contribution in [-0.2, 0) is 11.2 Å². The number of rotatable bonds is 10. The third-order valence-corrected chi connectivity index (χ3v) is 5.16. The van der Waals surface area contributed by atoms with Crippen LogP contribution in [0.4, 0.5) is 10.8 Å². The van der Waals surface area contributed by atoms with Crippen molar-refractivity contribution >= 4 is 28.1 Å². The van der Waals surface area contributed by atoms with Gasteiger partial charge in [-0.15, -0.1) is 11.3 Å². The van der Waals surface area contributed by atoms with Crippen LogP contribution in [0.1, 0.15) is 31.7 Å². The smallest absolute Gasteiger partial charge is 0.269 e. The number of aryl methyl sites for hydroxylation is 1. The largest absolute Gasteiger partial charge is 0.494 e. The zero-order chi connectivity index (χ0) is 21.3. The summed E-state index contributed by atoms with van der Waals surface area (Å²) in [7, 11) is 0. The second kappa shape index (κ2) is 10.5. The van der Waals surface area contributed by atoms with Crippen LogP contribution in [0.25, 0.3) is 11.3 Å². The number of non-ortho nitro benzene ring substituents is 1. The number of benzene rings is 2. The summed E-state index contributed by atoms with van der Waals surface area (Å²) in [6, 6.07) is 14.2. The number of nitrogens with one attached hydrogen (secondary N) is 1. The van der Waals surface area contributed by atoms with Gasteiger partial charge in [-0.25, -0.2) is 4.98 Å². The van der Waals surface area contributed by atoms with Crippen molar-refractivity contribution in [3.63, 3.8) is 0 Å². The molecule has 0 radical (unpaired) electrons. The van der Waals surface area contributed by atoms with Crippen LogP contribution in [0.2, 0.25) is 0 Å². The number of nitrogens with zero attached hydrogens (tertiary/aromatic N) is 2. The van der Waals surface area contributed by atoms with E-state index in [1.165, 1.54) is 29.0 Å². The van der Waals surface area contributed by atoms with Gasteiger partial charge in [0.15, 0.2) is 5.13 Å². The van der Waals surface area contributed by atoms with Crippen molar-refractivity contribution in [1.82, 2.24) is 4.98 Å². The first-order chi connectivity index (χ1) is 14.5. The molecule has 8 heteroatoms. The van der Waals surface area contributed by atoms with Crippen molar-refractivity contribution in [2.24, 2.45) is 0 Å². The molecule has 3 rings (SSSR count). The molecule has 0 unspecified atom stereocenters. The van der Waals surface area contributed by atoms with Gasteiger partial charge in [-0.3, -0.25) is 14.9 Å². The van der Waals surface area contributed by atoms with E-state index in [1.807, 2.05) is 17.5 Å². The molecule has 1 heterocycles. The maximum Gasteiger partial charge on any atom is 0.269 e. The molecule has 1 amide bonds. The summed E-state index contributed by atoms with van der Waals surface area (Å²) in [6.45, 7) is 2.62. The lowest BCUT2D eigenvalue weighted by Gasteiger charge is -2.07. The Hall–Kier alpha value is -3.26. The van der Waals surface area contributed by atoms with Crippen LogP contribution in [0, 0.1) is 10.1 Å². The molecule has 3 aromatic rings. The Kier molecular flexibility index (Phi) is 7.51. The van der Waals surface area contributed by atoms with Crippen LogP contribution < -0.4 is 10.1 Å². The number of amides is 1. The second-order valence-corrected chi connectivity index (χ2v) is 7.59. The molecule has 0 saturated carbocycles. The summed E-state index contributed by atoms with van der Waals surface area (Å²) < 4.78 is 5.69. The van der Waals surface area contributed by atoms with Crippen LogP contribution >= 0.6 is 11.3 Å². The number of thiazole rings is 1. The van der Waals surface area contributed by atoms with Crippen molar-refractivity contribution in [2.45, 2.75) is 32.6 Å². The fraction of sp³-hybridized carbons (Fsp3) is 0.273. The molecule has 0 spiro atoms. The molecule has 2 aromatic carbocycles. The van der Waals surface area contributed by atoms with Crippen molar-refractivity contribution in [3.8, 4) is 17.0 Å². The SMILES string of the molecule is CCCc1ccc(OCCCC(=O)Nc2nc(-c3ccc([N+](=O)[O-])cc3)cs2)cc1. The maximum absolute atomic E-state index is 12.1. The minimum atomic E-state index is -0.443. The van der Waals surface area contributed by atoms with Gasteiger partial charge in [0.05, 0.1) is 17.2 Å². The van der Waals surface area contributed by atoms with Gasteiger partial charge in [-0.1, -0.05) is 25.5 Å². The molecule has 7 nitrogen and oxygen atoms in total. The standard InChI is InChI=1S/C22H23N3O4S/c1-2-4-16-6-12-19(13-7-16)29-14-3-5-21(26)24-22-23-20(15-30-22)17-8-10-18(11-9-17)25(27)28/h6-13,15H,2-5,14H2,1H3,(H,23,24,26). The summed E-state index contributed by atoms with van der Waals surface area (Å²) in [5.74, 6) is 0.685. The number of hydrogen-bond acceptors (Lipinski definition) is 6. The number of hydrogen-bond donors (Lipinski definition) is 1. The van der Waals surface area contributed by atoms with Gasteiger partial charge in [-0.05, 0) is 42.7 Å². The van der Waals surface area contributed by atoms with Crippen molar-refractivity contribution in [2.75, 3.05) is 11.9 Å². The fourth-order valence-electron chi connectivity index (χ4n) is 2.86. The van der Waals surface area contributed by atoms with Gasteiger partial charge >= 0.3 is 0 Å². The highest BCUT2D eigenvalue weighted by molar-refractivity contribution is 7.14. The molecular formula is C22H23N3O4S. The predicted octanol–water partition coefficient (Wildman–Crippen LogP) is 5.47. The summed E-state index contributed by atoms with van der Waals surface area (Å²) in [6.07, 6.45) is 3.11. The van der Waals surface area contributed by atoms with E-state index in [2.05, 4.69) is 29.4 Å². The Morgan fingerprint density at radius 3 is 2.57 bits per heavy atom. The molecule has 30 heavy (non-hydrogen) atoms. The number of aromatic nitrogens is 1. The van der Waals surface area contributed by atoms with E-state index in [9.17, 15) is 14.9 Å². The molecular weight excluding hydrogens is 402 g/mol. The monoisotopic (exact) mass is 425 g/mol. The number of nitro benzene ring substituents is 1. The number of nitro groups is 1. The molecule has 0 bridgehead atoms. The van der Waals surface area contributed by atoms with Gasteiger partial charge in [0, 0.05) is 29.5 Å². The quantitative estimate of drug-likeness (QED) is 0.264. The first-order valence-corrected chi connectivity index (χ1v) is 10.6. The molecule has 0 aliphatic heterocycles. The highest BCUT2D eigenvalue weighted by Crippen LogP contribution is 2.26. The van der Waals surface area contributed by atoms with Gasteiger partial charge in [0.1, 0.15) is 5.75 Å². The Labute approximate surface area is 178 Å². The zero-order valence-electron chi connectivity index (χ0n) is 16.7. The number of ether oxygens (including phenoxy) is 1. The van der Waals surface area contributed by atoms with Crippen LogP contribution in [0.3, 0.4) is 0 Å². The zero-order valence-corrected chi connectivity index (χ0v) is 17.5. The fourth-order valence-corrected chi connectivity index (χ4v) is 3.60. The average molecular weight is 426 g/mol. The topological polar surface area (TPSA) is 94.4 Å². The number of anilines is 1. The van der Waals surface area contributed by atoms with E-state index in [1.54, 1.807) is 12.1 Å². The van der Waals surface area contributed by atoms with E-state index in [-0.39, 0.29) is 11.6 Å². The summed E-state index contributed by atoms with van der Waals surface area (Å²) >= 11 is 1.32. The molecule has 0 aliphatic rings. The van der Waals surface area contributed by atoms with Crippen molar-refractivity contribution in [3.05, 3.63) is 69.6 Å². The van der Waals surface area contributed by atoms with E-state index in [0.29, 0.717) is 30.3 Å². The van der Waals surface area contributed by atoms with E-state index in [4.69, 9.17) is 4.74 Å². The Morgan fingerprint density at radius 2 is 1.90 bits per heavy atom. The Morgan fingerprint density at radius 1 is 1.17 bits per heavy atom. The normalized spacial score (nSPS) is 10.6. The van der Waals surface area contributed by atoms with Gasteiger partial charge < -0.3 is 10.1 Å². The van der Waals surface area contributed by atoms with E-state index >= 15 is 0 Å². The minimum absolute atomic E-state index is 0.0293. The molecule has 0 aliphatic carbocycles. The van der Waals surface area contributed by atoms with Crippen LogP contribution in [0.15, 0.2) is 53.9 Å². The third-order valence-electron chi connectivity index (χ3n) is 4.40. The third kappa shape index (κ3) is 6.12. The average Bonchev–Trinajstić information content (AvgIpc) is 3.21. The van der Waals surface area contributed by atoms with E-state index in [0.717, 1.165) is 24.2 Å². The highest BCUT2D eigenvalue weighted by Gasteiger charge is 2.10. The van der Waals surface area contributed by atoms with Gasteiger partial charge in [0.25, 0.3) is 5.69 Å².